The SMILES string of the molecule is CN(C)Cc1nnc(CNCCC2CC2)n1-c1cc(C(F)(F)F)ccc1C(=O)c1ccccc1. The summed E-state index contributed by atoms with van der Waals surface area (Å²) in [6.45, 7) is 1.48. The van der Waals surface area contributed by atoms with Crippen molar-refractivity contribution in [2.75, 3.05) is 20.6 Å². The lowest BCUT2D eigenvalue weighted by Gasteiger charge is -2.18. The van der Waals surface area contributed by atoms with Gasteiger partial charge in [-0.1, -0.05) is 43.2 Å². The number of nitrogens with zero attached hydrogens (tertiary/aromatic N) is 4. The maximum absolute atomic E-state index is 13.7. The Hall–Kier alpha value is -3.04. The molecule has 2 aromatic carbocycles. The predicted molar refractivity (Wildman–Crippen MR) is 123 cm³/mol. The molecule has 0 radical (unpaired) electrons. The molecule has 0 bridgehead atoms. The van der Waals surface area contributed by atoms with Gasteiger partial charge in [0.05, 0.1) is 24.3 Å². The first-order valence-electron chi connectivity index (χ1n) is 11.3. The number of carbonyl (C=O) groups excluding carboxylic acids is 1. The van der Waals surface area contributed by atoms with Crippen LogP contribution in [0.15, 0.2) is 48.5 Å². The van der Waals surface area contributed by atoms with Crippen molar-refractivity contribution in [1.29, 1.82) is 0 Å². The number of halogens is 3. The van der Waals surface area contributed by atoms with Crippen LogP contribution < -0.4 is 5.32 Å². The van der Waals surface area contributed by atoms with Crippen molar-refractivity contribution in [3.8, 4) is 5.69 Å². The van der Waals surface area contributed by atoms with E-state index in [2.05, 4.69) is 15.5 Å². The first-order valence-corrected chi connectivity index (χ1v) is 11.3. The number of alkyl halides is 3. The Morgan fingerprint density at radius 2 is 1.79 bits per heavy atom. The van der Waals surface area contributed by atoms with Gasteiger partial charge in [-0.2, -0.15) is 13.2 Å². The molecule has 0 aliphatic heterocycles. The Labute approximate surface area is 196 Å². The van der Waals surface area contributed by atoms with Crippen molar-refractivity contribution in [2.45, 2.75) is 38.5 Å². The molecule has 3 aromatic rings. The highest BCUT2D eigenvalue weighted by molar-refractivity contribution is 6.11. The third kappa shape index (κ3) is 5.71. The largest absolute Gasteiger partial charge is 0.416 e. The molecule has 0 spiro atoms. The molecule has 1 aliphatic carbocycles. The Morgan fingerprint density at radius 1 is 1.09 bits per heavy atom. The van der Waals surface area contributed by atoms with Gasteiger partial charge in [0.1, 0.15) is 0 Å². The van der Waals surface area contributed by atoms with Crippen molar-refractivity contribution in [3.63, 3.8) is 0 Å². The zero-order chi connectivity index (χ0) is 24.3. The number of aromatic nitrogens is 3. The molecule has 180 valence electrons. The molecule has 0 unspecified atom stereocenters. The van der Waals surface area contributed by atoms with Crippen LogP contribution in [-0.2, 0) is 19.3 Å². The number of benzene rings is 2. The normalized spacial score (nSPS) is 14.1. The molecule has 1 aliphatic rings. The Morgan fingerprint density at radius 3 is 2.44 bits per heavy atom. The van der Waals surface area contributed by atoms with Crippen molar-refractivity contribution in [2.24, 2.45) is 5.92 Å². The summed E-state index contributed by atoms with van der Waals surface area (Å²) >= 11 is 0. The predicted octanol–water partition coefficient (Wildman–Crippen LogP) is 4.47. The summed E-state index contributed by atoms with van der Waals surface area (Å²) in [5.74, 6) is 1.33. The molecule has 6 nitrogen and oxygen atoms in total. The maximum Gasteiger partial charge on any atom is 0.416 e. The molecule has 34 heavy (non-hydrogen) atoms. The molecule has 1 saturated carbocycles. The molecule has 1 aromatic heterocycles. The van der Waals surface area contributed by atoms with Gasteiger partial charge in [0.25, 0.3) is 0 Å². The molecule has 0 saturated heterocycles. The lowest BCUT2D eigenvalue weighted by atomic mass is 9.99. The second-order valence-electron chi connectivity index (χ2n) is 8.94. The monoisotopic (exact) mass is 471 g/mol. The first-order chi connectivity index (χ1) is 16.2. The van der Waals surface area contributed by atoms with Crippen molar-refractivity contribution in [1.82, 2.24) is 25.0 Å². The average Bonchev–Trinajstić information content (AvgIpc) is 3.55. The standard InChI is InChI=1S/C25H28F3N5O/c1-32(2)16-23-31-30-22(15-29-13-12-17-8-9-17)33(23)21-14-19(25(26,27)28)10-11-20(21)24(34)18-6-4-3-5-7-18/h3-7,10-11,14,17,29H,8-9,12-13,15-16H2,1-2H3. The maximum atomic E-state index is 13.7. The number of rotatable bonds is 10. The molecular weight excluding hydrogens is 443 g/mol. The number of nitrogens with one attached hydrogen (secondary N) is 1. The van der Waals surface area contributed by atoms with Gasteiger partial charge in [0, 0.05) is 11.1 Å². The van der Waals surface area contributed by atoms with Crippen LogP contribution in [0.4, 0.5) is 13.2 Å². The van der Waals surface area contributed by atoms with Crippen LogP contribution in [-0.4, -0.2) is 46.1 Å². The molecule has 1 N–H and O–H groups in total. The van der Waals surface area contributed by atoms with E-state index < -0.39 is 11.7 Å². The number of hydrogen-bond donors (Lipinski definition) is 1. The number of carbonyl (C=O) groups is 1. The van der Waals surface area contributed by atoms with Gasteiger partial charge >= 0.3 is 6.18 Å². The fraction of sp³-hybridized carbons (Fsp3) is 0.400. The fourth-order valence-electron chi connectivity index (χ4n) is 3.87. The highest BCUT2D eigenvalue weighted by Crippen LogP contribution is 2.33. The molecule has 1 heterocycles. The summed E-state index contributed by atoms with van der Waals surface area (Å²) < 4.78 is 42.6. The van der Waals surface area contributed by atoms with E-state index in [1.165, 1.54) is 18.9 Å². The minimum Gasteiger partial charge on any atom is -0.310 e. The smallest absolute Gasteiger partial charge is 0.310 e. The van der Waals surface area contributed by atoms with Crippen LogP contribution in [0, 0.1) is 5.92 Å². The van der Waals surface area contributed by atoms with E-state index in [-0.39, 0.29) is 17.0 Å². The van der Waals surface area contributed by atoms with Crippen molar-refractivity contribution >= 4 is 5.78 Å². The van der Waals surface area contributed by atoms with Gasteiger partial charge in [0.2, 0.25) is 0 Å². The lowest BCUT2D eigenvalue weighted by Crippen LogP contribution is -2.22. The lowest BCUT2D eigenvalue weighted by molar-refractivity contribution is -0.137. The van der Waals surface area contributed by atoms with Gasteiger partial charge in [-0.3, -0.25) is 9.36 Å². The van der Waals surface area contributed by atoms with E-state index in [1.807, 2.05) is 19.0 Å². The summed E-state index contributed by atoms with van der Waals surface area (Å²) in [4.78, 5) is 15.2. The molecule has 0 amide bonds. The van der Waals surface area contributed by atoms with Crippen LogP contribution in [0.2, 0.25) is 0 Å². The van der Waals surface area contributed by atoms with Crippen molar-refractivity contribution in [3.05, 3.63) is 76.9 Å². The average molecular weight is 472 g/mol. The van der Waals surface area contributed by atoms with Crippen LogP contribution in [0.25, 0.3) is 5.69 Å². The van der Waals surface area contributed by atoms with Gasteiger partial charge < -0.3 is 10.2 Å². The summed E-state index contributed by atoms with van der Waals surface area (Å²) in [5, 5.41) is 11.9. The number of ketones is 1. The quantitative estimate of drug-likeness (QED) is 0.349. The summed E-state index contributed by atoms with van der Waals surface area (Å²) in [6, 6.07) is 11.7. The number of hydrogen-bond acceptors (Lipinski definition) is 5. The van der Waals surface area contributed by atoms with E-state index in [4.69, 9.17) is 0 Å². The molecule has 4 rings (SSSR count). The fourth-order valence-corrected chi connectivity index (χ4v) is 3.87. The second-order valence-corrected chi connectivity index (χ2v) is 8.94. The molecule has 0 atom stereocenters. The zero-order valence-corrected chi connectivity index (χ0v) is 19.3. The summed E-state index contributed by atoms with van der Waals surface area (Å²) in [5.41, 5.74) is -0.137. The van der Waals surface area contributed by atoms with Crippen LogP contribution in [0.3, 0.4) is 0 Å². The van der Waals surface area contributed by atoms with Gasteiger partial charge in [0.15, 0.2) is 17.4 Å². The van der Waals surface area contributed by atoms with E-state index in [1.54, 1.807) is 34.9 Å². The second kappa shape index (κ2) is 10.1. The van der Waals surface area contributed by atoms with Crippen LogP contribution in [0.1, 0.15) is 52.4 Å². The zero-order valence-electron chi connectivity index (χ0n) is 19.3. The van der Waals surface area contributed by atoms with Gasteiger partial charge in [-0.25, -0.2) is 0 Å². The summed E-state index contributed by atoms with van der Waals surface area (Å²) in [7, 11) is 3.68. The van der Waals surface area contributed by atoms with Gasteiger partial charge in [-0.15, -0.1) is 10.2 Å². The first kappa shape index (κ1) is 24.1. The minimum atomic E-state index is -4.55. The highest BCUT2D eigenvalue weighted by atomic mass is 19.4. The third-order valence-corrected chi connectivity index (χ3v) is 5.81. The molecule has 1 fully saturated rings. The van der Waals surface area contributed by atoms with E-state index in [0.717, 1.165) is 31.0 Å². The molecule has 9 heteroatoms. The van der Waals surface area contributed by atoms with Crippen LogP contribution >= 0.6 is 0 Å². The molecular formula is C25H28F3N5O. The van der Waals surface area contributed by atoms with E-state index in [9.17, 15) is 18.0 Å². The third-order valence-electron chi connectivity index (χ3n) is 5.81. The van der Waals surface area contributed by atoms with E-state index >= 15 is 0 Å². The van der Waals surface area contributed by atoms with Gasteiger partial charge in [-0.05, 0) is 51.2 Å². The van der Waals surface area contributed by atoms with Crippen LogP contribution in [0.5, 0.6) is 0 Å². The Bertz CT molecular complexity index is 1140. The minimum absolute atomic E-state index is 0.129. The van der Waals surface area contributed by atoms with E-state index in [0.29, 0.717) is 30.3 Å². The highest BCUT2D eigenvalue weighted by Gasteiger charge is 2.33. The van der Waals surface area contributed by atoms with Crippen molar-refractivity contribution < 1.29 is 18.0 Å². The Balaban J connectivity index is 1.79. The topological polar surface area (TPSA) is 63.1 Å². The Kier molecular flexibility index (Phi) is 7.13. The summed E-state index contributed by atoms with van der Waals surface area (Å²) in [6.07, 6.45) is -0.998.